The fourth-order valence-corrected chi connectivity index (χ4v) is 10.8. The molecule has 66 heavy (non-hydrogen) atoms. The average molecular weight is 928 g/mol. The molecule has 1 aromatic carbocycles. The molecule has 5 rings (SSSR count). The highest BCUT2D eigenvalue weighted by molar-refractivity contribution is 5.89. The second kappa shape index (κ2) is 22.2. The van der Waals surface area contributed by atoms with Gasteiger partial charge in [-0.3, -0.25) is 14.6 Å². The van der Waals surface area contributed by atoms with Gasteiger partial charge in [-0.1, -0.05) is 57.2 Å². The van der Waals surface area contributed by atoms with Crippen LogP contribution in [0, 0.1) is 23.2 Å². The van der Waals surface area contributed by atoms with Gasteiger partial charge in [-0.05, 0) is 107 Å². The third kappa shape index (κ3) is 12.1. The molecule has 0 amide bonds. The lowest BCUT2D eigenvalue weighted by molar-refractivity contribution is -0.312. The second-order valence-electron chi connectivity index (χ2n) is 20.8. The number of esters is 1. The van der Waals surface area contributed by atoms with Gasteiger partial charge >= 0.3 is 5.97 Å². The van der Waals surface area contributed by atoms with Crippen molar-refractivity contribution < 1.29 is 58.4 Å². The SMILES string of the molecule is CC[C@H]1OC(=O)[C@H](C)[C@@H](O[C@H]2C[C@@](C)(C(C)=O)[C@@H](OC/C=C/c3cncc4ccccc34)[C@H](C)O2)[C@H](C)[C@@H](O[C@@H]2O[C@H](C)C[C@H](N(C)C)[C@H]2O)[C@](C)(O)C[C@@H](C)CN(C)[C@H](C)[C@@H](O)[C@]1(C)O. The van der Waals surface area contributed by atoms with Gasteiger partial charge in [0.25, 0.3) is 0 Å². The highest BCUT2D eigenvalue weighted by Crippen LogP contribution is 2.43. The minimum atomic E-state index is -1.84. The number of ketones is 1. The average Bonchev–Trinajstić information content (AvgIpc) is 3.24. The number of benzene rings is 1. The van der Waals surface area contributed by atoms with Crippen LogP contribution in [-0.4, -0.2) is 166 Å². The molecule has 3 aliphatic rings. The van der Waals surface area contributed by atoms with Crippen LogP contribution in [0.3, 0.4) is 0 Å². The molecule has 0 bridgehead atoms. The minimum absolute atomic E-state index is 0.0768. The molecule has 372 valence electrons. The first-order valence-corrected chi connectivity index (χ1v) is 24.0. The summed E-state index contributed by atoms with van der Waals surface area (Å²) in [6.45, 7) is 19.9. The normalized spacial score (nSPS) is 41.7. The predicted molar refractivity (Wildman–Crippen MR) is 252 cm³/mol. The van der Waals surface area contributed by atoms with Crippen LogP contribution in [0.4, 0.5) is 0 Å². The summed E-state index contributed by atoms with van der Waals surface area (Å²) < 4.78 is 39.2. The predicted octanol–water partition coefficient (Wildman–Crippen LogP) is 5.38. The van der Waals surface area contributed by atoms with Crippen molar-refractivity contribution in [3.05, 3.63) is 48.3 Å². The van der Waals surface area contributed by atoms with E-state index in [-0.39, 0.29) is 49.7 Å². The Hall–Kier alpha value is -2.93. The van der Waals surface area contributed by atoms with E-state index in [1.165, 1.54) is 13.8 Å². The molecule has 3 aliphatic heterocycles. The number of Topliss-reactive ketones (excluding diaryl/α,β-unsaturated/α-hetero) is 1. The van der Waals surface area contributed by atoms with Crippen molar-refractivity contribution in [2.75, 3.05) is 34.3 Å². The number of carbonyl (C=O) groups is 2. The van der Waals surface area contributed by atoms with E-state index in [0.29, 0.717) is 13.0 Å². The van der Waals surface area contributed by atoms with Crippen LogP contribution in [0.15, 0.2) is 42.7 Å². The highest BCUT2D eigenvalue weighted by Gasteiger charge is 2.54. The Morgan fingerprint density at radius 3 is 2.32 bits per heavy atom. The van der Waals surface area contributed by atoms with Crippen molar-refractivity contribution >= 4 is 28.6 Å². The third-order valence-corrected chi connectivity index (χ3v) is 14.9. The second-order valence-corrected chi connectivity index (χ2v) is 20.8. The van der Waals surface area contributed by atoms with Gasteiger partial charge in [-0.15, -0.1) is 0 Å². The monoisotopic (exact) mass is 928 g/mol. The van der Waals surface area contributed by atoms with Gasteiger partial charge in [0.2, 0.25) is 0 Å². The molecule has 18 atom stereocenters. The number of rotatable bonds is 11. The van der Waals surface area contributed by atoms with Crippen molar-refractivity contribution in [2.24, 2.45) is 23.2 Å². The molecule has 0 aliphatic carbocycles. The molecule has 3 fully saturated rings. The van der Waals surface area contributed by atoms with Crippen LogP contribution in [-0.2, 0) is 38.0 Å². The maximum atomic E-state index is 14.6. The number of pyridine rings is 1. The zero-order valence-corrected chi connectivity index (χ0v) is 41.9. The van der Waals surface area contributed by atoms with E-state index in [1.807, 2.05) is 108 Å². The van der Waals surface area contributed by atoms with E-state index in [1.54, 1.807) is 33.9 Å². The first kappa shape index (κ1) is 54.0. The summed E-state index contributed by atoms with van der Waals surface area (Å²) in [7, 11) is 5.61. The molecule has 0 spiro atoms. The molecule has 0 radical (unpaired) electrons. The first-order valence-electron chi connectivity index (χ1n) is 24.0. The van der Waals surface area contributed by atoms with Crippen molar-refractivity contribution in [1.29, 1.82) is 0 Å². The van der Waals surface area contributed by atoms with Gasteiger partial charge < -0.3 is 58.6 Å². The van der Waals surface area contributed by atoms with Gasteiger partial charge in [-0.2, -0.15) is 0 Å². The molecule has 4 heterocycles. The molecular formula is C51H81N3O12. The number of fused-ring (bicyclic) bond motifs is 1. The largest absolute Gasteiger partial charge is 0.459 e. The third-order valence-electron chi connectivity index (χ3n) is 14.9. The van der Waals surface area contributed by atoms with Crippen LogP contribution < -0.4 is 0 Å². The van der Waals surface area contributed by atoms with Crippen molar-refractivity contribution in [2.45, 2.75) is 187 Å². The Morgan fingerprint density at radius 2 is 1.67 bits per heavy atom. The summed E-state index contributed by atoms with van der Waals surface area (Å²) in [5.41, 5.74) is -3.59. The molecule has 4 N–H and O–H groups in total. The minimum Gasteiger partial charge on any atom is -0.459 e. The van der Waals surface area contributed by atoms with Crippen molar-refractivity contribution in [3.8, 4) is 0 Å². The topological polar surface area (TPSA) is 190 Å². The Morgan fingerprint density at radius 1 is 0.985 bits per heavy atom. The molecule has 15 heteroatoms. The van der Waals surface area contributed by atoms with Crippen molar-refractivity contribution in [3.63, 3.8) is 0 Å². The molecule has 1 aromatic heterocycles. The number of aromatic nitrogens is 1. The number of aliphatic hydroxyl groups excluding tert-OH is 2. The fraction of sp³-hybridized carbons (Fsp3) is 0.745. The molecule has 2 aromatic rings. The smallest absolute Gasteiger partial charge is 0.311 e. The highest BCUT2D eigenvalue weighted by atomic mass is 16.7. The zero-order chi connectivity index (χ0) is 49.1. The van der Waals surface area contributed by atoms with E-state index in [0.717, 1.165) is 16.3 Å². The fourth-order valence-electron chi connectivity index (χ4n) is 10.8. The Kier molecular flexibility index (Phi) is 18.2. The summed E-state index contributed by atoms with van der Waals surface area (Å²) in [6.07, 6.45) is -0.933. The van der Waals surface area contributed by atoms with Crippen LogP contribution >= 0.6 is 0 Å². The molecular weight excluding hydrogens is 847 g/mol. The van der Waals surface area contributed by atoms with E-state index < -0.39 is 95.8 Å². The summed E-state index contributed by atoms with van der Waals surface area (Å²) in [4.78, 5) is 36.5. The van der Waals surface area contributed by atoms with Gasteiger partial charge in [-0.25, -0.2) is 0 Å². The summed E-state index contributed by atoms with van der Waals surface area (Å²) >= 11 is 0. The Bertz CT molecular complexity index is 1940. The number of ether oxygens (including phenoxy) is 6. The maximum Gasteiger partial charge on any atom is 0.311 e. The quantitative estimate of drug-likeness (QED) is 0.210. The lowest BCUT2D eigenvalue weighted by Gasteiger charge is -2.49. The molecule has 0 saturated carbocycles. The Labute approximate surface area is 393 Å². The number of hydrogen-bond acceptors (Lipinski definition) is 15. The number of likely N-dealkylation sites (N-methyl/N-ethyl adjacent to an activating group) is 2. The number of carbonyl (C=O) groups excluding carboxylic acids is 2. The van der Waals surface area contributed by atoms with Crippen LogP contribution in [0.5, 0.6) is 0 Å². The van der Waals surface area contributed by atoms with E-state index in [9.17, 15) is 30.0 Å². The number of hydrogen-bond donors (Lipinski definition) is 4. The van der Waals surface area contributed by atoms with E-state index in [4.69, 9.17) is 28.4 Å². The van der Waals surface area contributed by atoms with Crippen LogP contribution in [0.25, 0.3) is 16.8 Å². The van der Waals surface area contributed by atoms with Gasteiger partial charge in [0, 0.05) is 54.3 Å². The molecule has 0 unspecified atom stereocenters. The lowest BCUT2D eigenvalue weighted by atomic mass is 9.73. The lowest BCUT2D eigenvalue weighted by Crippen LogP contribution is -2.60. The van der Waals surface area contributed by atoms with Gasteiger partial charge in [0.05, 0.1) is 54.1 Å². The summed E-state index contributed by atoms with van der Waals surface area (Å²) in [5.74, 6) is -2.89. The van der Waals surface area contributed by atoms with Crippen LogP contribution in [0.1, 0.15) is 107 Å². The number of aliphatic hydroxyl groups is 4. The maximum absolute atomic E-state index is 14.6. The van der Waals surface area contributed by atoms with Crippen LogP contribution in [0.2, 0.25) is 0 Å². The standard InChI is InChI=1S/C51H81N3O12/c1-15-40-51(11,60)44(57)33(6)54(14)28-29(2)24-50(10,59)45(66-48-42(56)39(53(12)13)23-30(3)62-48)31(4)43(32(5)47(58)64-40)65-41-25-49(9,35(8)55)46(34(7)63-41)61-22-18-20-37-27-52-26-36-19-16-17-21-38(36)37/h16-21,26-27,29-34,39-46,48,56-57,59-60H,15,22-25,28H2,1-14H3/b20-18+/t29-,30-,31+,32-,33-,34+,39+,40-,41+,42-,43+,44-,45-,46+,48+,49+,50-,51-/m1/s1. The first-order chi connectivity index (χ1) is 30.8. The Balaban J connectivity index is 1.51. The molecule has 3 saturated heterocycles. The van der Waals surface area contributed by atoms with E-state index in [2.05, 4.69) is 4.98 Å². The summed E-state index contributed by atoms with van der Waals surface area (Å²) in [6, 6.07) is 7.13. The van der Waals surface area contributed by atoms with E-state index >= 15 is 0 Å². The van der Waals surface area contributed by atoms with Gasteiger partial charge in [0.1, 0.15) is 29.7 Å². The van der Waals surface area contributed by atoms with Crippen molar-refractivity contribution in [1.82, 2.24) is 14.8 Å². The number of nitrogens with zero attached hydrogens (tertiary/aromatic N) is 3. The van der Waals surface area contributed by atoms with Gasteiger partial charge in [0.15, 0.2) is 12.6 Å². The summed E-state index contributed by atoms with van der Waals surface area (Å²) in [5, 5.41) is 50.1. The number of cyclic esters (lactones) is 1. The zero-order valence-electron chi connectivity index (χ0n) is 41.9. The molecule has 15 nitrogen and oxygen atoms in total.